The third kappa shape index (κ3) is 6.30. The number of anilines is 1. The highest BCUT2D eigenvalue weighted by Crippen LogP contribution is 2.42. The third-order valence-corrected chi connectivity index (χ3v) is 9.78. The zero-order valence-electron chi connectivity index (χ0n) is 21.1. The van der Waals surface area contributed by atoms with Gasteiger partial charge in [0.25, 0.3) is 0 Å². The summed E-state index contributed by atoms with van der Waals surface area (Å²) in [5.74, 6) is -2.10. The number of carboxylic acid groups (broad SMARTS) is 2. The van der Waals surface area contributed by atoms with E-state index < -0.39 is 28.6 Å². The predicted octanol–water partition coefficient (Wildman–Crippen LogP) is 4.81. The quantitative estimate of drug-likeness (QED) is 0.301. The Kier molecular flexibility index (Phi) is 8.70. The van der Waals surface area contributed by atoms with Crippen LogP contribution in [0, 0.1) is 6.92 Å². The van der Waals surface area contributed by atoms with Gasteiger partial charge >= 0.3 is 11.9 Å². The Morgan fingerprint density at radius 1 is 1.15 bits per heavy atom. The Hall–Kier alpha value is -3.32. The SMILES string of the molecule is COc1ccc(Cl)cc1S(=O)(=O)N1CCC(Nc2cccc(-c3sc(C(=O)O)c(OCC(=O)O)c3C)c2)CC1. The highest BCUT2D eigenvalue weighted by Gasteiger charge is 2.32. The van der Waals surface area contributed by atoms with Crippen LogP contribution in [0.4, 0.5) is 5.69 Å². The maximum absolute atomic E-state index is 13.3. The first kappa shape index (κ1) is 28.7. The number of sulfonamides is 1. The van der Waals surface area contributed by atoms with Gasteiger partial charge in [-0.25, -0.2) is 18.0 Å². The minimum Gasteiger partial charge on any atom is -0.495 e. The topological polar surface area (TPSA) is 142 Å². The monoisotopic (exact) mass is 594 g/mol. The second-order valence-electron chi connectivity index (χ2n) is 8.90. The molecular weight excluding hydrogens is 568 g/mol. The molecule has 0 saturated carbocycles. The largest absolute Gasteiger partial charge is 0.495 e. The summed E-state index contributed by atoms with van der Waals surface area (Å²) < 4.78 is 38.5. The summed E-state index contributed by atoms with van der Waals surface area (Å²) in [7, 11) is -2.38. The molecule has 0 amide bonds. The minimum absolute atomic E-state index is 0.0152. The van der Waals surface area contributed by atoms with Crippen LogP contribution < -0.4 is 14.8 Å². The summed E-state index contributed by atoms with van der Waals surface area (Å²) in [6.07, 6.45) is 1.14. The zero-order chi connectivity index (χ0) is 28.3. The molecule has 0 radical (unpaired) electrons. The lowest BCUT2D eigenvalue weighted by molar-refractivity contribution is -0.139. The molecule has 1 aromatic heterocycles. The van der Waals surface area contributed by atoms with E-state index in [2.05, 4.69) is 5.32 Å². The van der Waals surface area contributed by atoms with E-state index in [0.29, 0.717) is 41.4 Å². The standard InChI is InChI=1S/C26H27ClN2O8S2/c1-15-23(37-14-22(30)31)25(26(32)33)38-24(15)16-4-3-5-19(12-16)28-18-8-10-29(11-9-18)39(34,35)21-13-17(27)6-7-20(21)36-2/h3-7,12-13,18,28H,8-11,14H2,1-2H3,(H,30,31)(H,32,33). The van der Waals surface area contributed by atoms with Crippen molar-refractivity contribution in [3.63, 3.8) is 0 Å². The van der Waals surface area contributed by atoms with Crippen LogP contribution in [0.5, 0.6) is 11.5 Å². The molecule has 208 valence electrons. The number of thiophene rings is 1. The van der Waals surface area contributed by atoms with Crippen molar-refractivity contribution in [1.29, 1.82) is 0 Å². The molecule has 1 saturated heterocycles. The first-order chi connectivity index (χ1) is 18.5. The number of carboxylic acids is 2. The number of aliphatic carboxylic acids is 1. The molecular formula is C26H27ClN2O8S2. The molecule has 10 nitrogen and oxygen atoms in total. The van der Waals surface area contributed by atoms with Crippen LogP contribution in [0.25, 0.3) is 10.4 Å². The Bertz CT molecular complexity index is 1500. The number of ether oxygens (including phenoxy) is 2. The van der Waals surface area contributed by atoms with Crippen molar-refractivity contribution in [2.45, 2.75) is 30.7 Å². The van der Waals surface area contributed by atoms with Crippen molar-refractivity contribution in [3.05, 3.63) is 57.9 Å². The molecule has 13 heteroatoms. The van der Waals surface area contributed by atoms with E-state index in [1.807, 2.05) is 24.3 Å². The smallest absolute Gasteiger partial charge is 0.349 e. The molecule has 0 aliphatic carbocycles. The Morgan fingerprint density at radius 3 is 2.51 bits per heavy atom. The van der Waals surface area contributed by atoms with Crippen LogP contribution in [-0.4, -0.2) is 67.7 Å². The van der Waals surface area contributed by atoms with E-state index in [9.17, 15) is 23.1 Å². The molecule has 0 spiro atoms. The number of methoxy groups -OCH3 is 1. The Morgan fingerprint density at radius 2 is 1.87 bits per heavy atom. The van der Waals surface area contributed by atoms with Gasteiger partial charge in [-0.2, -0.15) is 4.31 Å². The number of piperidine rings is 1. The van der Waals surface area contributed by atoms with Crippen LogP contribution in [0.3, 0.4) is 0 Å². The lowest BCUT2D eigenvalue weighted by atomic mass is 10.0. The molecule has 3 aromatic rings. The maximum Gasteiger partial charge on any atom is 0.349 e. The number of nitrogens with zero attached hydrogens (tertiary/aromatic N) is 1. The second kappa shape index (κ2) is 11.8. The normalized spacial score (nSPS) is 14.6. The molecule has 1 aliphatic rings. The first-order valence-electron chi connectivity index (χ1n) is 11.9. The lowest BCUT2D eigenvalue weighted by Gasteiger charge is -2.32. The number of halogens is 1. The molecule has 2 heterocycles. The van der Waals surface area contributed by atoms with Gasteiger partial charge in [0.2, 0.25) is 10.0 Å². The summed E-state index contributed by atoms with van der Waals surface area (Å²) in [5.41, 5.74) is 2.09. The molecule has 0 bridgehead atoms. The van der Waals surface area contributed by atoms with Gasteiger partial charge in [0.15, 0.2) is 11.5 Å². The second-order valence-corrected chi connectivity index (χ2v) is 12.3. The van der Waals surface area contributed by atoms with Gasteiger partial charge in [0, 0.05) is 40.3 Å². The summed E-state index contributed by atoms with van der Waals surface area (Å²) in [4.78, 5) is 23.3. The lowest BCUT2D eigenvalue weighted by Crippen LogP contribution is -2.42. The fourth-order valence-electron chi connectivity index (χ4n) is 4.44. The first-order valence-corrected chi connectivity index (χ1v) is 14.6. The van der Waals surface area contributed by atoms with Crippen LogP contribution in [0.1, 0.15) is 28.1 Å². The Labute approximate surface area is 234 Å². The number of benzene rings is 2. The summed E-state index contributed by atoms with van der Waals surface area (Å²) in [6.45, 7) is 1.68. The van der Waals surface area contributed by atoms with Gasteiger partial charge in [-0.3, -0.25) is 0 Å². The van der Waals surface area contributed by atoms with Crippen molar-refractivity contribution >= 4 is 50.6 Å². The molecule has 0 unspecified atom stereocenters. The fraction of sp³-hybridized carbons (Fsp3) is 0.308. The molecule has 2 aromatic carbocycles. The van der Waals surface area contributed by atoms with E-state index in [1.54, 1.807) is 13.0 Å². The van der Waals surface area contributed by atoms with Crippen LogP contribution in [-0.2, 0) is 14.8 Å². The highest BCUT2D eigenvalue weighted by molar-refractivity contribution is 7.89. The minimum atomic E-state index is -3.79. The van der Waals surface area contributed by atoms with Gasteiger partial charge < -0.3 is 25.0 Å². The van der Waals surface area contributed by atoms with E-state index in [0.717, 1.165) is 22.6 Å². The molecule has 0 atom stereocenters. The van der Waals surface area contributed by atoms with Crippen LogP contribution in [0.15, 0.2) is 47.4 Å². The number of hydrogen-bond acceptors (Lipinski definition) is 8. The van der Waals surface area contributed by atoms with Crippen molar-refractivity contribution in [2.24, 2.45) is 0 Å². The summed E-state index contributed by atoms with van der Waals surface area (Å²) >= 11 is 7.07. The van der Waals surface area contributed by atoms with Crippen molar-refractivity contribution in [3.8, 4) is 21.9 Å². The highest BCUT2D eigenvalue weighted by atomic mass is 35.5. The van der Waals surface area contributed by atoms with Gasteiger partial charge in [-0.05, 0) is 55.7 Å². The van der Waals surface area contributed by atoms with Crippen molar-refractivity contribution in [2.75, 3.05) is 32.1 Å². The number of rotatable bonds is 10. The van der Waals surface area contributed by atoms with Gasteiger partial charge in [-0.15, -0.1) is 11.3 Å². The molecule has 3 N–H and O–H groups in total. The van der Waals surface area contributed by atoms with Gasteiger partial charge in [0.05, 0.1) is 7.11 Å². The number of nitrogens with one attached hydrogen (secondary N) is 1. The molecule has 4 rings (SSSR count). The van der Waals surface area contributed by atoms with E-state index >= 15 is 0 Å². The molecule has 39 heavy (non-hydrogen) atoms. The summed E-state index contributed by atoms with van der Waals surface area (Å²) in [5, 5.41) is 22.3. The third-order valence-electron chi connectivity index (χ3n) is 6.32. The predicted molar refractivity (Wildman–Crippen MR) is 148 cm³/mol. The fourth-order valence-corrected chi connectivity index (χ4v) is 7.41. The van der Waals surface area contributed by atoms with Crippen LogP contribution in [0.2, 0.25) is 5.02 Å². The van der Waals surface area contributed by atoms with Gasteiger partial charge in [0.1, 0.15) is 16.4 Å². The van der Waals surface area contributed by atoms with Gasteiger partial charge in [-0.1, -0.05) is 23.7 Å². The molecule has 1 fully saturated rings. The van der Waals surface area contributed by atoms with Crippen molar-refractivity contribution < 1.29 is 37.7 Å². The van der Waals surface area contributed by atoms with Crippen molar-refractivity contribution in [1.82, 2.24) is 4.31 Å². The zero-order valence-corrected chi connectivity index (χ0v) is 23.5. The van der Waals surface area contributed by atoms with Crippen LogP contribution >= 0.6 is 22.9 Å². The number of carbonyl (C=O) groups is 2. The maximum atomic E-state index is 13.3. The number of hydrogen-bond donors (Lipinski definition) is 3. The van der Waals surface area contributed by atoms with E-state index in [4.69, 9.17) is 26.2 Å². The Balaban J connectivity index is 1.48. The molecule has 1 aliphatic heterocycles. The average Bonchev–Trinajstić information content (AvgIpc) is 3.24. The average molecular weight is 595 g/mol. The summed E-state index contributed by atoms with van der Waals surface area (Å²) in [6, 6.07) is 12.0. The number of aromatic carboxylic acids is 1. The van der Waals surface area contributed by atoms with E-state index in [-0.39, 0.29) is 27.3 Å². The van der Waals surface area contributed by atoms with E-state index in [1.165, 1.54) is 23.5 Å².